The van der Waals surface area contributed by atoms with Crippen molar-refractivity contribution in [2.75, 3.05) is 0 Å². The number of rotatable bonds is 2. The standard InChI is InChI=1S/C14H16N4OS/c1-14(2,3)12-17-18-10(8-19)11(16-13(18)20-12)9-6-4-5-7-15-9/h4-7,19H,8H2,1-3H3. The Balaban J connectivity index is 2.19. The maximum atomic E-state index is 9.65. The van der Waals surface area contributed by atoms with Gasteiger partial charge in [-0.3, -0.25) is 4.98 Å². The number of imidazole rings is 1. The minimum atomic E-state index is -0.111. The van der Waals surface area contributed by atoms with Gasteiger partial charge < -0.3 is 5.11 Å². The van der Waals surface area contributed by atoms with Crippen molar-refractivity contribution in [1.29, 1.82) is 0 Å². The van der Waals surface area contributed by atoms with E-state index in [4.69, 9.17) is 0 Å². The first-order valence-electron chi connectivity index (χ1n) is 6.42. The van der Waals surface area contributed by atoms with Crippen LogP contribution in [0.4, 0.5) is 0 Å². The topological polar surface area (TPSA) is 63.3 Å². The summed E-state index contributed by atoms with van der Waals surface area (Å²) in [6.45, 7) is 6.23. The van der Waals surface area contributed by atoms with Crippen LogP contribution in [0.15, 0.2) is 24.4 Å². The molecule has 20 heavy (non-hydrogen) atoms. The van der Waals surface area contributed by atoms with E-state index in [1.54, 1.807) is 22.0 Å². The van der Waals surface area contributed by atoms with Crippen molar-refractivity contribution < 1.29 is 5.11 Å². The second-order valence-corrected chi connectivity index (χ2v) is 6.59. The quantitative estimate of drug-likeness (QED) is 0.787. The van der Waals surface area contributed by atoms with E-state index in [-0.39, 0.29) is 12.0 Å². The number of fused-ring (bicyclic) bond motifs is 1. The van der Waals surface area contributed by atoms with Gasteiger partial charge in [0.05, 0.1) is 18.0 Å². The lowest BCUT2D eigenvalue weighted by atomic mass is 9.98. The molecule has 3 rings (SSSR count). The summed E-state index contributed by atoms with van der Waals surface area (Å²) < 4.78 is 1.73. The first-order chi connectivity index (χ1) is 9.50. The molecule has 0 fully saturated rings. The summed E-state index contributed by atoms with van der Waals surface area (Å²) in [6, 6.07) is 5.65. The van der Waals surface area contributed by atoms with E-state index in [1.807, 2.05) is 18.2 Å². The van der Waals surface area contributed by atoms with Crippen molar-refractivity contribution in [3.63, 3.8) is 0 Å². The second kappa shape index (κ2) is 4.64. The van der Waals surface area contributed by atoms with Crippen LogP contribution in [0.5, 0.6) is 0 Å². The summed E-state index contributed by atoms with van der Waals surface area (Å²) in [7, 11) is 0. The summed E-state index contributed by atoms with van der Waals surface area (Å²) in [4.78, 5) is 9.67. The smallest absolute Gasteiger partial charge is 0.213 e. The Bertz CT molecular complexity index is 740. The van der Waals surface area contributed by atoms with E-state index < -0.39 is 0 Å². The van der Waals surface area contributed by atoms with E-state index in [2.05, 4.69) is 35.8 Å². The maximum Gasteiger partial charge on any atom is 0.213 e. The van der Waals surface area contributed by atoms with Gasteiger partial charge in [-0.1, -0.05) is 38.2 Å². The molecule has 3 aromatic rings. The molecule has 0 bridgehead atoms. The van der Waals surface area contributed by atoms with Crippen molar-refractivity contribution in [1.82, 2.24) is 19.6 Å². The van der Waals surface area contributed by atoms with Crippen LogP contribution >= 0.6 is 11.3 Å². The van der Waals surface area contributed by atoms with Crippen molar-refractivity contribution in [3.8, 4) is 11.4 Å². The van der Waals surface area contributed by atoms with Crippen molar-refractivity contribution in [2.45, 2.75) is 32.8 Å². The summed E-state index contributed by atoms with van der Waals surface area (Å²) >= 11 is 1.55. The fraction of sp³-hybridized carbons (Fsp3) is 0.357. The molecule has 3 aromatic heterocycles. The van der Waals surface area contributed by atoms with E-state index >= 15 is 0 Å². The van der Waals surface area contributed by atoms with Crippen LogP contribution in [0.3, 0.4) is 0 Å². The average Bonchev–Trinajstić information content (AvgIpc) is 2.96. The molecule has 0 atom stereocenters. The Hall–Kier alpha value is -1.79. The summed E-state index contributed by atoms with van der Waals surface area (Å²) in [6.07, 6.45) is 1.72. The third kappa shape index (κ3) is 2.10. The number of nitrogens with zero attached hydrogens (tertiary/aromatic N) is 4. The third-order valence-corrected chi connectivity index (χ3v) is 4.33. The Morgan fingerprint density at radius 3 is 2.70 bits per heavy atom. The zero-order valence-electron chi connectivity index (χ0n) is 11.7. The lowest BCUT2D eigenvalue weighted by Gasteiger charge is -2.12. The molecule has 0 radical (unpaired) electrons. The Kier molecular flexibility index (Phi) is 3.07. The molecule has 0 aliphatic heterocycles. The van der Waals surface area contributed by atoms with Gasteiger partial charge in [0, 0.05) is 11.6 Å². The lowest BCUT2D eigenvalue weighted by molar-refractivity contribution is 0.274. The maximum absolute atomic E-state index is 9.65. The highest BCUT2D eigenvalue weighted by atomic mass is 32.1. The molecule has 0 saturated heterocycles. The third-order valence-electron chi connectivity index (χ3n) is 3.00. The van der Waals surface area contributed by atoms with E-state index in [9.17, 15) is 5.11 Å². The van der Waals surface area contributed by atoms with Crippen LogP contribution in [0.2, 0.25) is 0 Å². The SMILES string of the molecule is CC(C)(C)c1nn2c(CO)c(-c3ccccn3)nc2s1. The zero-order valence-corrected chi connectivity index (χ0v) is 12.5. The molecular weight excluding hydrogens is 272 g/mol. The molecule has 0 aromatic carbocycles. The van der Waals surface area contributed by atoms with Crippen LogP contribution in [0.25, 0.3) is 16.3 Å². The van der Waals surface area contributed by atoms with Gasteiger partial charge in [-0.05, 0) is 12.1 Å². The number of hydrogen-bond acceptors (Lipinski definition) is 5. The first kappa shape index (κ1) is 13.2. The predicted molar refractivity (Wildman–Crippen MR) is 78.7 cm³/mol. The minimum absolute atomic E-state index is 0.0246. The Morgan fingerprint density at radius 2 is 2.10 bits per heavy atom. The average molecular weight is 288 g/mol. The molecule has 104 valence electrons. The largest absolute Gasteiger partial charge is 0.390 e. The summed E-state index contributed by atoms with van der Waals surface area (Å²) in [5, 5.41) is 15.2. The van der Waals surface area contributed by atoms with E-state index in [1.165, 1.54) is 0 Å². The predicted octanol–water partition coefficient (Wildman–Crippen LogP) is 2.64. The van der Waals surface area contributed by atoms with Crippen molar-refractivity contribution in [3.05, 3.63) is 35.1 Å². The number of pyridine rings is 1. The van der Waals surface area contributed by atoms with Gasteiger partial charge in [0.25, 0.3) is 0 Å². The lowest BCUT2D eigenvalue weighted by Crippen LogP contribution is -2.11. The van der Waals surface area contributed by atoms with Crippen LogP contribution in [-0.4, -0.2) is 24.7 Å². The molecular formula is C14H16N4OS. The Morgan fingerprint density at radius 1 is 1.30 bits per heavy atom. The van der Waals surface area contributed by atoms with E-state index in [0.717, 1.165) is 15.7 Å². The Labute approximate surface area is 120 Å². The molecule has 0 aliphatic carbocycles. The van der Waals surface area contributed by atoms with E-state index in [0.29, 0.717) is 11.4 Å². The number of hydrogen-bond donors (Lipinski definition) is 1. The van der Waals surface area contributed by atoms with Gasteiger partial charge in [0.15, 0.2) is 0 Å². The molecule has 0 amide bonds. The molecule has 3 heterocycles. The molecule has 0 aliphatic rings. The number of aliphatic hydroxyl groups is 1. The summed E-state index contributed by atoms with van der Waals surface area (Å²) in [5.41, 5.74) is 2.12. The normalized spacial score (nSPS) is 12.2. The van der Waals surface area contributed by atoms with Crippen LogP contribution in [0, 0.1) is 0 Å². The monoisotopic (exact) mass is 288 g/mol. The van der Waals surface area contributed by atoms with Gasteiger partial charge in [-0.2, -0.15) is 5.10 Å². The zero-order chi connectivity index (χ0) is 14.3. The van der Waals surface area contributed by atoms with Crippen LogP contribution in [-0.2, 0) is 12.0 Å². The van der Waals surface area contributed by atoms with Crippen molar-refractivity contribution in [2.24, 2.45) is 0 Å². The van der Waals surface area contributed by atoms with Crippen LogP contribution in [0.1, 0.15) is 31.5 Å². The molecule has 5 nitrogen and oxygen atoms in total. The van der Waals surface area contributed by atoms with Gasteiger partial charge in [0.1, 0.15) is 10.7 Å². The molecule has 0 spiro atoms. The van der Waals surface area contributed by atoms with Crippen molar-refractivity contribution >= 4 is 16.3 Å². The minimum Gasteiger partial charge on any atom is -0.390 e. The van der Waals surface area contributed by atoms with Gasteiger partial charge >= 0.3 is 0 Å². The summed E-state index contributed by atoms with van der Waals surface area (Å²) in [5.74, 6) is 0. The fourth-order valence-electron chi connectivity index (χ4n) is 1.94. The fourth-order valence-corrected chi connectivity index (χ4v) is 2.92. The molecule has 6 heteroatoms. The van der Waals surface area contributed by atoms with Gasteiger partial charge in [0.2, 0.25) is 4.96 Å². The number of aromatic nitrogens is 4. The first-order valence-corrected chi connectivity index (χ1v) is 7.23. The molecule has 0 saturated carbocycles. The highest BCUT2D eigenvalue weighted by molar-refractivity contribution is 7.16. The highest BCUT2D eigenvalue weighted by Gasteiger charge is 2.23. The second-order valence-electron chi connectivity index (χ2n) is 5.63. The molecule has 0 unspecified atom stereocenters. The van der Waals surface area contributed by atoms with Gasteiger partial charge in [-0.25, -0.2) is 9.50 Å². The highest BCUT2D eigenvalue weighted by Crippen LogP contribution is 2.30. The van der Waals surface area contributed by atoms with Crippen LogP contribution < -0.4 is 0 Å². The molecule has 1 N–H and O–H groups in total. The number of aliphatic hydroxyl groups excluding tert-OH is 1. The van der Waals surface area contributed by atoms with Gasteiger partial charge in [-0.15, -0.1) is 0 Å².